The third-order valence-corrected chi connectivity index (χ3v) is 4.67. The van der Waals surface area contributed by atoms with Crippen molar-refractivity contribution in [2.24, 2.45) is 4.99 Å². The minimum absolute atomic E-state index is 0. The Morgan fingerprint density at radius 2 is 1.96 bits per heavy atom. The molecule has 0 amide bonds. The number of methoxy groups -OCH3 is 1. The summed E-state index contributed by atoms with van der Waals surface area (Å²) in [6.45, 7) is 6.68. The molecule has 7 heteroatoms. The molecule has 0 atom stereocenters. The zero-order valence-electron chi connectivity index (χ0n) is 15.7. The third kappa shape index (κ3) is 8.35. The van der Waals surface area contributed by atoms with Crippen molar-refractivity contribution in [3.63, 3.8) is 0 Å². The highest BCUT2D eigenvalue weighted by Gasteiger charge is 2.01. The molecule has 2 aromatic rings. The van der Waals surface area contributed by atoms with E-state index in [1.54, 1.807) is 18.4 Å². The molecular weight excluding hydrogens is 459 g/mol. The molecule has 0 radical (unpaired) electrons. The van der Waals surface area contributed by atoms with E-state index in [-0.39, 0.29) is 24.0 Å². The minimum atomic E-state index is 0. The van der Waals surface area contributed by atoms with Gasteiger partial charge in [-0.2, -0.15) is 0 Å². The first kappa shape index (κ1) is 22.7. The zero-order chi connectivity index (χ0) is 17.9. The van der Waals surface area contributed by atoms with Crippen LogP contribution in [-0.2, 0) is 12.8 Å². The molecule has 0 aliphatic rings. The predicted molar refractivity (Wildman–Crippen MR) is 121 cm³/mol. The molecule has 2 N–H and O–H groups in total. The van der Waals surface area contributed by atoms with Gasteiger partial charge < -0.3 is 15.4 Å². The van der Waals surface area contributed by atoms with Crippen molar-refractivity contribution in [1.82, 2.24) is 15.6 Å². The Hall–Kier alpha value is -1.35. The van der Waals surface area contributed by atoms with Crippen LogP contribution in [-0.4, -0.2) is 37.7 Å². The number of aryl methyl sites for hydroxylation is 2. The van der Waals surface area contributed by atoms with Crippen LogP contribution in [0.2, 0.25) is 0 Å². The highest BCUT2D eigenvalue weighted by Crippen LogP contribution is 2.12. The molecule has 144 valence electrons. The summed E-state index contributed by atoms with van der Waals surface area (Å²) in [5.41, 5.74) is 1.31. The number of benzene rings is 1. The van der Waals surface area contributed by atoms with Gasteiger partial charge in [-0.1, -0.05) is 12.1 Å². The van der Waals surface area contributed by atoms with Gasteiger partial charge in [0.2, 0.25) is 0 Å². The molecule has 0 aliphatic heterocycles. The molecule has 0 saturated carbocycles. The Morgan fingerprint density at radius 1 is 1.19 bits per heavy atom. The molecule has 0 saturated heterocycles. The maximum absolute atomic E-state index is 5.18. The predicted octanol–water partition coefficient (Wildman–Crippen LogP) is 3.81. The van der Waals surface area contributed by atoms with E-state index in [0.29, 0.717) is 0 Å². The quantitative estimate of drug-likeness (QED) is 0.244. The second kappa shape index (κ2) is 12.9. The molecule has 1 aromatic heterocycles. The van der Waals surface area contributed by atoms with Gasteiger partial charge in [0.1, 0.15) is 5.75 Å². The van der Waals surface area contributed by atoms with Gasteiger partial charge in [0, 0.05) is 37.1 Å². The lowest BCUT2D eigenvalue weighted by molar-refractivity contribution is 0.414. The van der Waals surface area contributed by atoms with Crippen molar-refractivity contribution < 1.29 is 4.74 Å². The fraction of sp³-hybridized carbons (Fsp3) is 0.474. The van der Waals surface area contributed by atoms with Crippen LogP contribution in [0, 0.1) is 6.92 Å². The lowest BCUT2D eigenvalue weighted by Crippen LogP contribution is -2.38. The van der Waals surface area contributed by atoms with Gasteiger partial charge in [-0.15, -0.1) is 35.3 Å². The Labute approximate surface area is 177 Å². The maximum atomic E-state index is 5.18. The molecule has 1 aromatic carbocycles. The van der Waals surface area contributed by atoms with Gasteiger partial charge in [0.15, 0.2) is 5.96 Å². The van der Waals surface area contributed by atoms with E-state index < -0.39 is 0 Å². The van der Waals surface area contributed by atoms with Crippen molar-refractivity contribution in [2.75, 3.05) is 26.7 Å². The van der Waals surface area contributed by atoms with Crippen LogP contribution in [0.3, 0.4) is 0 Å². The highest BCUT2D eigenvalue weighted by atomic mass is 127. The van der Waals surface area contributed by atoms with Gasteiger partial charge in [-0.25, -0.2) is 4.98 Å². The van der Waals surface area contributed by atoms with E-state index in [4.69, 9.17) is 4.74 Å². The SMILES string of the molecule is CCNC(=NCCCc1ccc(OC)cc1)NCCc1ncc(C)s1.I. The molecule has 2 rings (SSSR count). The number of guanidine groups is 1. The van der Waals surface area contributed by atoms with E-state index in [1.807, 2.05) is 18.3 Å². The number of nitrogens with zero attached hydrogens (tertiary/aromatic N) is 2. The van der Waals surface area contributed by atoms with Crippen molar-refractivity contribution in [2.45, 2.75) is 33.1 Å². The summed E-state index contributed by atoms with van der Waals surface area (Å²) in [6.07, 6.45) is 4.90. The fourth-order valence-electron chi connectivity index (χ4n) is 2.41. The van der Waals surface area contributed by atoms with Crippen molar-refractivity contribution in [1.29, 1.82) is 0 Å². The Kier molecular flexibility index (Phi) is 11.3. The lowest BCUT2D eigenvalue weighted by Gasteiger charge is -2.10. The summed E-state index contributed by atoms with van der Waals surface area (Å²) in [5, 5.41) is 7.84. The van der Waals surface area contributed by atoms with Crippen molar-refractivity contribution >= 4 is 41.3 Å². The summed E-state index contributed by atoms with van der Waals surface area (Å²) in [6, 6.07) is 8.24. The molecule has 5 nitrogen and oxygen atoms in total. The number of hydrogen-bond donors (Lipinski definition) is 2. The van der Waals surface area contributed by atoms with Gasteiger partial charge in [-0.3, -0.25) is 4.99 Å². The van der Waals surface area contributed by atoms with Crippen LogP contribution in [0.25, 0.3) is 0 Å². The molecule has 0 aliphatic carbocycles. The molecule has 0 spiro atoms. The van der Waals surface area contributed by atoms with Gasteiger partial charge in [-0.05, 0) is 44.4 Å². The molecule has 0 unspecified atom stereocenters. The van der Waals surface area contributed by atoms with Crippen molar-refractivity contribution in [3.05, 3.63) is 45.9 Å². The number of ether oxygens (including phenoxy) is 1. The first-order valence-corrected chi connectivity index (χ1v) is 9.59. The summed E-state index contributed by atoms with van der Waals surface area (Å²) in [7, 11) is 1.69. The number of nitrogens with one attached hydrogen (secondary N) is 2. The average Bonchev–Trinajstić information content (AvgIpc) is 3.04. The van der Waals surface area contributed by atoms with Crippen LogP contribution < -0.4 is 15.4 Å². The first-order chi connectivity index (χ1) is 12.2. The molecule has 1 heterocycles. The summed E-state index contributed by atoms with van der Waals surface area (Å²) >= 11 is 1.75. The largest absolute Gasteiger partial charge is 0.497 e. The number of rotatable bonds is 9. The van der Waals surface area contributed by atoms with E-state index in [9.17, 15) is 0 Å². The minimum Gasteiger partial charge on any atom is -0.497 e. The van der Waals surface area contributed by atoms with Crippen LogP contribution in [0.1, 0.15) is 28.8 Å². The summed E-state index contributed by atoms with van der Waals surface area (Å²) < 4.78 is 5.18. The van der Waals surface area contributed by atoms with Gasteiger partial charge >= 0.3 is 0 Å². The molecular formula is C19H29IN4OS. The number of halogens is 1. The van der Waals surface area contributed by atoms with Crippen LogP contribution in [0.5, 0.6) is 5.75 Å². The number of thiazole rings is 1. The second-order valence-corrected chi connectivity index (χ2v) is 7.07. The van der Waals surface area contributed by atoms with Crippen molar-refractivity contribution in [3.8, 4) is 5.75 Å². The Balaban J connectivity index is 0.00000338. The summed E-state index contributed by atoms with van der Waals surface area (Å²) in [4.78, 5) is 10.3. The summed E-state index contributed by atoms with van der Waals surface area (Å²) in [5.74, 6) is 1.78. The third-order valence-electron chi connectivity index (χ3n) is 3.70. The van der Waals surface area contributed by atoms with Crippen LogP contribution in [0.4, 0.5) is 0 Å². The first-order valence-electron chi connectivity index (χ1n) is 8.77. The highest BCUT2D eigenvalue weighted by molar-refractivity contribution is 14.0. The van der Waals surface area contributed by atoms with E-state index >= 15 is 0 Å². The molecule has 0 fully saturated rings. The normalized spacial score (nSPS) is 11.0. The van der Waals surface area contributed by atoms with E-state index in [1.165, 1.54) is 15.4 Å². The Morgan fingerprint density at radius 3 is 2.58 bits per heavy atom. The monoisotopic (exact) mass is 488 g/mol. The zero-order valence-corrected chi connectivity index (χ0v) is 18.9. The van der Waals surface area contributed by atoms with Crippen LogP contribution >= 0.6 is 35.3 Å². The van der Waals surface area contributed by atoms with E-state index in [0.717, 1.165) is 50.6 Å². The number of aliphatic imine (C=N–C) groups is 1. The fourth-order valence-corrected chi connectivity index (χ4v) is 3.20. The molecule has 26 heavy (non-hydrogen) atoms. The topological polar surface area (TPSA) is 58.5 Å². The van der Waals surface area contributed by atoms with Gasteiger partial charge in [0.05, 0.1) is 12.1 Å². The smallest absolute Gasteiger partial charge is 0.191 e. The average molecular weight is 488 g/mol. The maximum Gasteiger partial charge on any atom is 0.191 e. The standard InChI is InChI=1S/C19H28N4OS.HI/c1-4-20-19(22-13-11-18-23-14-15(2)25-18)21-12-5-6-16-7-9-17(24-3)10-8-16;/h7-10,14H,4-6,11-13H2,1-3H3,(H2,20,21,22);1H. The van der Waals surface area contributed by atoms with Gasteiger partial charge in [0.25, 0.3) is 0 Å². The number of hydrogen-bond acceptors (Lipinski definition) is 4. The molecule has 0 bridgehead atoms. The van der Waals surface area contributed by atoms with E-state index in [2.05, 4.69) is 46.6 Å². The Bertz CT molecular complexity index is 658. The lowest BCUT2D eigenvalue weighted by atomic mass is 10.1. The number of aromatic nitrogens is 1. The second-order valence-electron chi connectivity index (χ2n) is 5.75. The van der Waals surface area contributed by atoms with Crippen LogP contribution in [0.15, 0.2) is 35.5 Å².